The van der Waals surface area contributed by atoms with E-state index in [0.717, 1.165) is 6.54 Å². The third kappa shape index (κ3) is 5.06. The summed E-state index contributed by atoms with van der Waals surface area (Å²) in [7, 11) is -2.03. The fourth-order valence-corrected chi connectivity index (χ4v) is 3.64. The first-order valence-corrected chi connectivity index (χ1v) is 8.59. The second-order valence-corrected chi connectivity index (χ2v) is 7.13. The molecule has 0 amide bonds. The molecular formula is C13H26N4O3S. The third-order valence-electron chi connectivity index (χ3n) is 2.96. The van der Waals surface area contributed by atoms with E-state index in [1.54, 1.807) is 13.3 Å². The molecule has 0 radical (unpaired) electrons. The van der Waals surface area contributed by atoms with Gasteiger partial charge in [0.1, 0.15) is 0 Å². The van der Waals surface area contributed by atoms with Gasteiger partial charge < -0.3 is 10.1 Å². The summed E-state index contributed by atoms with van der Waals surface area (Å²) in [4.78, 5) is 0. The molecule has 0 atom stereocenters. The second kappa shape index (κ2) is 8.47. The first-order chi connectivity index (χ1) is 9.93. The van der Waals surface area contributed by atoms with Crippen LogP contribution in [0.4, 0.5) is 0 Å². The minimum atomic E-state index is -3.59. The van der Waals surface area contributed by atoms with Gasteiger partial charge in [0, 0.05) is 32.3 Å². The highest BCUT2D eigenvalue weighted by atomic mass is 32.2. The van der Waals surface area contributed by atoms with Gasteiger partial charge in [-0.05, 0) is 12.5 Å². The molecule has 0 fully saturated rings. The molecule has 0 bridgehead atoms. The van der Waals surface area contributed by atoms with Gasteiger partial charge >= 0.3 is 0 Å². The summed E-state index contributed by atoms with van der Waals surface area (Å²) in [6.45, 7) is 8.33. The van der Waals surface area contributed by atoms with Gasteiger partial charge in [-0.15, -0.1) is 0 Å². The van der Waals surface area contributed by atoms with Crippen molar-refractivity contribution in [3.8, 4) is 0 Å². The Balaban J connectivity index is 3.01. The lowest BCUT2D eigenvalue weighted by atomic mass is 10.2. The molecule has 1 rings (SSSR count). The summed E-state index contributed by atoms with van der Waals surface area (Å²) in [6, 6.07) is 0. The molecule has 0 saturated heterocycles. The van der Waals surface area contributed by atoms with E-state index in [1.807, 2.05) is 20.8 Å². The van der Waals surface area contributed by atoms with Gasteiger partial charge in [0.15, 0.2) is 5.03 Å². The number of ether oxygens (including phenoxy) is 1. The highest BCUT2D eigenvalue weighted by Crippen LogP contribution is 2.18. The van der Waals surface area contributed by atoms with Gasteiger partial charge in [-0.3, -0.25) is 5.10 Å². The largest absolute Gasteiger partial charge is 0.383 e. The molecule has 122 valence electrons. The van der Waals surface area contributed by atoms with Gasteiger partial charge in [0.25, 0.3) is 10.0 Å². The van der Waals surface area contributed by atoms with E-state index in [4.69, 9.17) is 4.74 Å². The molecular weight excluding hydrogens is 292 g/mol. The summed E-state index contributed by atoms with van der Waals surface area (Å²) < 4.78 is 32.0. The minimum absolute atomic E-state index is 0.167. The Kier molecular flexibility index (Phi) is 7.30. The van der Waals surface area contributed by atoms with Crippen LogP contribution in [0.1, 0.15) is 26.3 Å². The molecule has 1 aromatic heterocycles. The zero-order valence-electron chi connectivity index (χ0n) is 13.2. The molecule has 0 aliphatic heterocycles. The van der Waals surface area contributed by atoms with Crippen LogP contribution in [0, 0.1) is 5.92 Å². The predicted octanol–water partition coefficient (Wildman–Crippen LogP) is 0.812. The van der Waals surface area contributed by atoms with E-state index in [-0.39, 0.29) is 10.9 Å². The van der Waals surface area contributed by atoms with Crippen molar-refractivity contribution in [2.24, 2.45) is 5.92 Å². The van der Waals surface area contributed by atoms with E-state index >= 15 is 0 Å². The van der Waals surface area contributed by atoms with Crippen molar-refractivity contribution in [2.75, 3.05) is 33.4 Å². The molecule has 1 heterocycles. The number of H-pyrrole nitrogens is 1. The number of hydrogen-bond acceptors (Lipinski definition) is 5. The standard InChI is InChI=1S/C13H26N4O3S/c1-5-14-8-12-9-15-16-13(12)21(18,19)17(6-7-20-4)10-11(2)3/h9,11,14H,5-8,10H2,1-4H3,(H,15,16). The summed E-state index contributed by atoms with van der Waals surface area (Å²) in [5, 5.41) is 9.79. The average molecular weight is 318 g/mol. The van der Waals surface area contributed by atoms with Crippen LogP contribution in [0.15, 0.2) is 11.2 Å². The number of aromatic amines is 1. The Labute approximate surface area is 127 Å². The van der Waals surface area contributed by atoms with Gasteiger partial charge in [-0.1, -0.05) is 20.8 Å². The average Bonchev–Trinajstić information content (AvgIpc) is 2.89. The summed E-state index contributed by atoms with van der Waals surface area (Å²) in [5.41, 5.74) is 0.656. The van der Waals surface area contributed by atoms with Crippen LogP contribution in [-0.2, 0) is 21.3 Å². The Morgan fingerprint density at radius 3 is 2.76 bits per heavy atom. The SMILES string of the molecule is CCNCc1cn[nH]c1S(=O)(=O)N(CCOC)CC(C)C. The van der Waals surface area contributed by atoms with Crippen molar-refractivity contribution < 1.29 is 13.2 Å². The van der Waals surface area contributed by atoms with Gasteiger partial charge in [-0.2, -0.15) is 9.40 Å². The van der Waals surface area contributed by atoms with Crippen molar-refractivity contribution >= 4 is 10.0 Å². The minimum Gasteiger partial charge on any atom is -0.383 e. The quantitative estimate of drug-likeness (QED) is 0.667. The van der Waals surface area contributed by atoms with Crippen LogP contribution in [0.2, 0.25) is 0 Å². The molecule has 0 aromatic carbocycles. The van der Waals surface area contributed by atoms with Crippen LogP contribution in [0.3, 0.4) is 0 Å². The van der Waals surface area contributed by atoms with Crippen molar-refractivity contribution in [3.63, 3.8) is 0 Å². The van der Waals surface area contributed by atoms with Crippen molar-refractivity contribution in [3.05, 3.63) is 11.8 Å². The first kappa shape index (κ1) is 18.1. The molecule has 0 aliphatic rings. The van der Waals surface area contributed by atoms with Crippen molar-refractivity contribution in [1.29, 1.82) is 0 Å². The summed E-state index contributed by atoms with van der Waals surface area (Å²) in [6.07, 6.45) is 1.55. The first-order valence-electron chi connectivity index (χ1n) is 7.15. The monoisotopic (exact) mass is 318 g/mol. The predicted molar refractivity (Wildman–Crippen MR) is 81.4 cm³/mol. The zero-order valence-corrected chi connectivity index (χ0v) is 14.0. The topological polar surface area (TPSA) is 87.3 Å². The Hall–Kier alpha value is -0.960. The number of hydrogen-bond donors (Lipinski definition) is 2. The molecule has 7 nitrogen and oxygen atoms in total. The second-order valence-electron chi connectivity index (χ2n) is 5.25. The van der Waals surface area contributed by atoms with Gasteiger partial charge in [0.05, 0.1) is 12.8 Å². The highest BCUT2D eigenvalue weighted by molar-refractivity contribution is 7.89. The molecule has 8 heteroatoms. The highest BCUT2D eigenvalue weighted by Gasteiger charge is 2.28. The number of aromatic nitrogens is 2. The number of nitrogens with one attached hydrogen (secondary N) is 2. The third-order valence-corrected chi connectivity index (χ3v) is 4.84. The lowest BCUT2D eigenvalue weighted by Crippen LogP contribution is -2.37. The molecule has 0 aliphatic carbocycles. The van der Waals surface area contributed by atoms with Gasteiger partial charge in [0.2, 0.25) is 0 Å². The molecule has 0 saturated carbocycles. The molecule has 0 spiro atoms. The number of rotatable bonds is 10. The fourth-order valence-electron chi connectivity index (χ4n) is 1.95. The number of sulfonamides is 1. The maximum Gasteiger partial charge on any atom is 0.260 e. The molecule has 1 aromatic rings. The lowest BCUT2D eigenvalue weighted by Gasteiger charge is -2.23. The molecule has 2 N–H and O–H groups in total. The van der Waals surface area contributed by atoms with Crippen LogP contribution in [0.25, 0.3) is 0 Å². The van der Waals surface area contributed by atoms with Gasteiger partial charge in [-0.25, -0.2) is 8.42 Å². The van der Waals surface area contributed by atoms with Crippen molar-refractivity contribution in [2.45, 2.75) is 32.3 Å². The van der Waals surface area contributed by atoms with E-state index in [1.165, 1.54) is 4.31 Å². The molecule has 0 unspecified atom stereocenters. The van der Waals surface area contributed by atoms with Crippen LogP contribution in [0.5, 0.6) is 0 Å². The van der Waals surface area contributed by atoms with Crippen LogP contribution in [-0.4, -0.2) is 56.3 Å². The van der Waals surface area contributed by atoms with E-state index in [9.17, 15) is 8.42 Å². The molecule has 21 heavy (non-hydrogen) atoms. The fraction of sp³-hybridized carbons (Fsp3) is 0.769. The Morgan fingerprint density at radius 1 is 1.48 bits per heavy atom. The Bertz CT molecular complexity index is 513. The van der Waals surface area contributed by atoms with E-state index in [0.29, 0.717) is 31.8 Å². The smallest absolute Gasteiger partial charge is 0.260 e. The van der Waals surface area contributed by atoms with E-state index < -0.39 is 10.0 Å². The number of methoxy groups -OCH3 is 1. The maximum absolute atomic E-state index is 12.8. The van der Waals surface area contributed by atoms with Crippen LogP contribution < -0.4 is 5.32 Å². The van der Waals surface area contributed by atoms with Crippen LogP contribution >= 0.6 is 0 Å². The number of nitrogens with zero attached hydrogens (tertiary/aromatic N) is 2. The van der Waals surface area contributed by atoms with E-state index in [2.05, 4.69) is 15.5 Å². The zero-order chi connectivity index (χ0) is 15.9. The van der Waals surface area contributed by atoms with Crippen molar-refractivity contribution in [1.82, 2.24) is 19.8 Å². The summed E-state index contributed by atoms with van der Waals surface area (Å²) >= 11 is 0. The lowest BCUT2D eigenvalue weighted by molar-refractivity contribution is 0.175. The normalized spacial score (nSPS) is 12.5. The summed E-state index contributed by atoms with van der Waals surface area (Å²) in [5.74, 6) is 0.233. The Morgan fingerprint density at radius 2 is 2.19 bits per heavy atom. The maximum atomic E-state index is 12.8.